The van der Waals surface area contributed by atoms with Crippen LogP contribution in [-0.2, 0) is 91.7 Å². The van der Waals surface area contributed by atoms with Crippen molar-refractivity contribution in [2.45, 2.75) is 131 Å². The topological polar surface area (TPSA) is 522 Å². The van der Waals surface area contributed by atoms with Crippen LogP contribution in [-0.4, -0.2) is 198 Å². The fourth-order valence-electron chi connectivity index (χ4n) is 13.1. The lowest BCUT2D eigenvalue weighted by Crippen LogP contribution is -2.47. The van der Waals surface area contributed by atoms with Crippen LogP contribution in [0.15, 0.2) is 232 Å². The van der Waals surface area contributed by atoms with Crippen molar-refractivity contribution in [2.24, 2.45) is 0 Å². The fraction of sp³-hybridized carbons (Fsp3) is 0.317. The van der Waals surface area contributed by atoms with Gasteiger partial charge in [0.15, 0.2) is 79.9 Å². The Morgan fingerprint density at radius 2 is 0.708 bits per heavy atom. The van der Waals surface area contributed by atoms with Crippen LogP contribution in [0.1, 0.15) is 117 Å². The number of nitrogens with one attached hydrogen (secondary N) is 4. The van der Waals surface area contributed by atoms with Crippen molar-refractivity contribution in [1.29, 1.82) is 0 Å². The summed E-state index contributed by atoms with van der Waals surface area (Å²) in [4.78, 5) is 178. The van der Waals surface area contributed by atoms with Gasteiger partial charge in [-0.15, -0.1) is 17.3 Å². The van der Waals surface area contributed by atoms with Crippen LogP contribution in [0.4, 0.5) is 27.7 Å². The molecule has 3 unspecified atom stereocenters. The SMILES string of the molecule is C=C1[C@@H](OSOOC)[C@@H](CC=O)O[C@H]1n1ccc(NC(=O)c2ccccc2)nc1=O.COOSO[C@H]1[C@@H](CC=O)O[C@@H](n2ccc(NC(=O)c3ccccc3)nc2=O)C1(C)F.COOSO[C@H]1[C@@H](CC=O)O[C@@H](n2ccc(NC(=O)c3ccccc3)nc2=O)C1(C)O.COOSO[C@H]1[C@@H](COC(=O)c2ccccc2)O[C@@H](n2ccc(NC(=O)c3ccccc3)nc2=O)C1(C)O. The zero-order chi connectivity index (χ0) is 93.5. The molecule has 13 rings (SSSR count). The third-order valence-electron chi connectivity index (χ3n) is 19.2. The van der Waals surface area contributed by atoms with Crippen molar-refractivity contribution in [3.63, 3.8) is 0 Å². The largest absolute Gasteiger partial charge is 0.459 e. The van der Waals surface area contributed by atoms with Gasteiger partial charge >= 0.3 is 28.7 Å². The molecule has 130 heavy (non-hydrogen) atoms. The first-order chi connectivity index (χ1) is 62.6. The van der Waals surface area contributed by atoms with E-state index in [1.807, 2.05) is 0 Å². The Morgan fingerprint density at radius 1 is 0.415 bits per heavy atom. The predicted molar refractivity (Wildman–Crippen MR) is 458 cm³/mol. The Morgan fingerprint density at radius 3 is 1.05 bits per heavy atom. The first kappa shape index (κ1) is 100. The summed E-state index contributed by atoms with van der Waals surface area (Å²) in [6.07, 6.45) is -5.46. The highest BCUT2D eigenvalue weighted by Crippen LogP contribution is 2.47. The number of alkyl halides is 1. The van der Waals surface area contributed by atoms with Gasteiger partial charge in [0.25, 0.3) is 23.6 Å². The van der Waals surface area contributed by atoms with Gasteiger partial charge in [0.2, 0.25) is 0 Å². The van der Waals surface area contributed by atoms with E-state index in [-0.39, 0.29) is 49.1 Å². The van der Waals surface area contributed by atoms with Crippen LogP contribution in [0.5, 0.6) is 0 Å². The number of carbonyl (C=O) groups excluding carboxylic acids is 8. The number of rotatable bonds is 37. The van der Waals surface area contributed by atoms with Crippen molar-refractivity contribution in [2.75, 3.05) is 56.3 Å². The number of nitrogens with zero attached hydrogens (tertiary/aromatic N) is 8. The summed E-state index contributed by atoms with van der Waals surface area (Å²) in [5.41, 5.74) is -6.51. The Kier molecular flexibility index (Phi) is 37.7. The number of aliphatic hydroxyl groups is 2. The van der Waals surface area contributed by atoms with Crippen molar-refractivity contribution in [1.82, 2.24) is 38.2 Å². The maximum atomic E-state index is 15.6. The van der Waals surface area contributed by atoms with E-state index >= 15 is 4.39 Å². The first-order valence-corrected chi connectivity index (χ1v) is 41.2. The Balaban J connectivity index is 0.000000181. The van der Waals surface area contributed by atoms with Gasteiger partial charge in [-0.1, -0.05) is 97.6 Å². The highest BCUT2D eigenvalue weighted by molar-refractivity contribution is 7.90. The van der Waals surface area contributed by atoms with Gasteiger partial charge in [-0.3, -0.25) is 54.2 Å². The third-order valence-corrected chi connectivity index (χ3v) is 21.1. The average Bonchev–Trinajstić information content (AvgIpc) is 1.61. The lowest BCUT2D eigenvalue weighted by molar-refractivity contribution is -0.171. The van der Waals surface area contributed by atoms with Crippen LogP contribution in [0.25, 0.3) is 0 Å². The normalized spacial score (nSPS) is 23.5. The number of aromatic nitrogens is 8. The number of ether oxygens (including phenoxy) is 5. The molecule has 0 aliphatic carbocycles. The molecule has 8 heterocycles. The molecule has 15 atom stereocenters. The van der Waals surface area contributed by atoms with Gasteiger partial charge in [-0.2, -0.15) is 19.9 Å². The molecule has 43 nitrogen and oxygen atoms in total. The van der Waals surface area contributed by atoms with E-state index in [0.717, 1.165) is 13.7 Å². The smallest absolute Gasteiger partial charge is 0.351 e. The van der Waals surface area contributed by atoms with Gasteiger partial charge in [0.05, 0.1) is 52.3 Å². The number of hydrogen-bond donors (Lipinski definition) is 6. The Bertz CT molecular complexity index is 5400. The summed E-state index contributed by atoms with van der Waals surface area (Å²) >= 11 is 1.85. The Hall–Kier alpha value is -11.7. The lowest BCUT2D eigenvalue weighted by atomic mass is 9.95. The molecule has 9 aromatic rings. The van der Waals surface area contributed by atoms with E-state index in [1.54, 1.807) is 152 Å². The zero-order valence-corrected chi connectivity index (χ0v) is 72.8. The highest BCUT2D eigenvalue weighted by atomic mass is 32.2. The minimum absolute atomic E-state index is 0.00467. The maximum Gasteiger partial charge on any atom is 0.351 e. The minimum Gasteiger partial charge on any atom is -0.459 e. The summed E-state index contributed by atoms with van der Waals surface area (Å²) in [7, 11) is 5.09. The summed E-state index contributed by atoms with van der Waals surface area (Å²) in [5, 5.41) is 32.5. The minimum atomic E-state index is -2.22. The van der Waals surface area contributed by atoms with Gasteiger partial charge in [0, 0.05) is 71.9 Å². The second-order valence-electron chi connectivity index (χ2n) is 28.0. The summed E-state index contributed by atoms with van der Waals surface area (Å²) in [5.74, 6) is -2.17. The monoisotopic (exact) mass is 1880 g/mol. The number of anilines is 4. The quantitative estimate of drug-likeness (QED) is 0.00407. The number of amides is 4. The average molecular weight is 1880 g/mol. The second kappa shape index (κ2) is 48.8. The van der Waals surface area contributed by atoms with E-state index in [1.165, 1.54) is 103 Å². The number of aldehydes is 3. The van der Waals surface area contributed by atoms with Gasteiger partial charge in [0.1, 0.15) is 90.5 Å². The molecule has 6 N–H and O–H groups in total. The fourth-order valence-corrected chi connectivity index (χ4v) is 15.0. The van der Waals surface area contributed by atoms with Gasteiger partial charge < -0.3 is 69.5 Å². The van der Waals surface area contributed by atoms with Crippen LogP contribution in [0.3, 0.4) is 0 Å². The molecular formula is C82H85FN12O31S4. The van der Waals surface area contributed by atoms with E-state index in [2.05, 4.69) is 84.7 Å². The highest BCUT2D eigenvalue weighted by Gasteiger charge is 2.59. The number of halogens is 1. The molecule has 4 fully saturated rings. The second-order valence-corrected chi connectivity index (χ2v) is 29.9. The van der Waals surface area contributed by atoms with Crippen molar-refractivity contribution in [3.8, 4) is 0 Å². The molecule has 4 aliphatic heterocycles. The van der Waals surface area contributed by atoms with E-state index in [0.29, 0.717) is 102 Å². The summed E-state index contributed by atoms with van der Waals surface area (Å²) < 4.78 is 88.3. The molecule has 0 saturated carbocycles. The predicted octanol–water partition coefficient (Wildman–Crippen LogP) is 8.09. The number of benzene rings is 5. The summed E-state index contributed by atoms with van der Waals surface area (Å²) in [6, 6.07) is 47.7. The molecule has 0 spiro atoms. The zero-order valence-electron chi connectivity index (χ0n) is 69.6. The first-order valence-electron chi connectivity index (χ1n) is 38.5. The molecule has 5 aromatic carbocycles. The molecule has 0 bridgehead atoms. The van der Waals surface area contributed by atoms with Crippen LogP contribution < -0.4 is 44.0 Å². The molecule has 4 aromatic heterocycles. The van der Waals surface area contributed by atoms with E-state index in [4.69, 9.17) is 40.4 Å². The molecule has 4 amide bonds. The molecule has 4 saturated heterocycles. The van der Waals surface area contributed by atoms with Crippen molar-refractivity contribution < 1.29 is 130 Å². The van der Waals surface area contributed by atoms with Crippen molar-refractivity contribution >= 4 is 121 Å². The third kappa shape index (κ3) is 26.3. The molecular weight excluding hydrogens is 1800 g/mol. The lowest BCUT2D eigenvalue weighted by Gasteiger charge is -2.29. The maximum absolute atomic E-state index is 15.6. The number of esters is 1. The molecule has 690 valence electrons. The molecule has 0 radical (unpaired) electrons. The van der Waals surface area contributed by atoms with Gasteiger partial charge in [-0.05, 0) is 106 Å². The van der Waals surface area contributed by atoms with Crippen LogP contribution in [0, 0.1) is 0 Å². The number of hydrogen-bond acceptors (Lipinski definition) is 39. The van der Waals surface area contributed by atoms with E-state index in [9.17, 15) is 67.7 Å². The van der Waals surface area contributed by atoms with Gasteiger partial charge in [-0.25, -0.2) is 47.9 Å². The summed E-state index contributed by atoms with van der Waals surface area (Å²) in [6.45, 7) is 7.60. The van der Waals surface area contributed by atoms with Crippen LogP contribution in [0.2, 0.25) is 0 Å². The van der Waals surface area contributed by atoms with E-state index < -0.39 is 143 Å². The number of carbonyl (C=O) groups is 8. The van der Waals surface area contributed by atoms with Crippen molar-refractivity contribution in [3.05, 3.63) is 283 Å². The Labute approximate surface area is 755 Å². The standard InChI is InChI=1S/C25H25N3O9S.C19H20FN3O7S.C19H21N3O8S.C19H19N3O7S/c1-25(32)20(36-38-37-33-2)18(15-34-22(30)17-11-7-4-8-12-17)35-23(25)28-14-13-19(27-24(28)31)26-21(29)16-9-5-3-6-10-16;1-19(20)15(29-31-30-27-2)13(9-11-24)28-17(19)23-10-8-14(22-18(23)26)21-16(25)12-6-4-3-5-7-12;1-19(26)15(29-31-30-27-2)13(9-11-23)28-17(19)22-10-8-14(21-18(22)25)20-16(24)12-6-4-3-5-7-12;1-12-16(28-30-29-26-2)14(9-11-23)27-18(12)22-10-8-15(21-19(22)25)20-17(24)13-6-4-3-5-7-13/h3-14,18,20,23,32H,15H2,1-2H3,(H,26,27,29,31);3-8,10-11,13,15,17H,9H2,1-2H3,(H,21,22,25,26);3-8,10-11,13,15,17,26H,9H2,1-2H3,(H,20,21,24,25);3-8,10-11,14,16,18H,1,9H2,2H3,(H,20,21,24,25)/t18-,20+,23-,25?;2*13-,15+,17-,19?;14-,16-,18-/m1111/s1. The molecule has 4 aliphatic rings. The van der Waals surface area contributed by atoms with Crippen LogP contribution >= 0.6 is 49.3 Å². The molecule has 48 heteroatoms.